The quantitative estimate of drug-likeness (QED) is 0.655. The van der Waals surface area contributed by atoms with Crippen LogP contribution in [-0.4, -0.2) is 35.5 Å². The van der Waals surface area contributed by atoms with Gasteiger partial charge in [-0.2, -0.15) is 0 Å². The van der Waals surface area contributed by atoms with Gasteiger partial charge in [0.2, 0.25) is 0 Å². The Balaban J connectivity index is 2.00. The first-order valence-electron chi connectivity index (χ1n) is 6.84. The van der Waals surface area contributed by atoms with E-state index in [-0.39, 0.29) is 10.6 Å². The molecule has 1 aliphatic rings. The Morgan fingerprint density at radius 1 is 1.53 bits per heavy atom. The van der Waals surface area contributed by atoms with Crippen LogP contribution in [0.25, 0.3) is 0 Å². The van der Waals surface area contributed by atoms with Crippen LogP contribution in [0, 0.1) is 17.0 Å². The van der Waals surface area contributed by atoms with Crippen LogP contribution in [0.15, 0.2) is 18.2 Å². The van der Waals surface area contributed by atoms with Crippen molar-refractivity contribution in [2.45, 2.75) is 32.7 Å². The Morgan fingerprint density at radius 2 is 2.32 bits per heavy atom. The molecule has 1 N–H and O–H groups in total. The number of benzene rings is 1. The Labute approximate surface area is 113 Å². The molecule has 19 heavy (non-hydrogen) atoms. The van der Waals surface area contributed by atoms with Crippen LogP contribution >= 0.6 is 0 Å². The minimum absolute atomic E-state index is 0.184. The Kier molecular flexibility index (Phi) is 4.37. The van der Waals surface area contributed by atoms with Gasteiger partial charge >= 0.3 is 0 Å². The molecule has 1 aliphatic heterocycles. The second-order valence-corrected chi connectivity index (χ2v) is 5.06. The van der Waals surface area contributed by atoms with Crippen LogP contribution in [-0.2, 0) is 0 Å². The van der Waals surface area contributed by atoms with Gasteiger partial charge in [0.25, 0.3) is 5.69 Å². The fraction of sp³-hybridized carbons (Fsp3) is 0.571. The standard InChI is InChI=1S/C14H21N3O2/c1-3-16-8-4-5-13(16)10-15-12-7-6-11(2)14(9-12)17(18)19/h6-7,9,13,15H,3-5,8,10H2,1-2H3. The Bertz CT molecular complexity index is 462. The number of rotatable bonds is 5. The van der Waals surface area contributed by atoms with Gasteiger partial charge in [0.15, 0.2) is 0 Å². The lowest BCUT2D eigenvalue weighted by Crippen LogP contribution is -2.34. The van der Waals surface area contributed by atoms with Gasteiger partial charge in [-0.15, -0.1) is 0 Å². The average Bonchev–Trinajstić information content (AvgIpc) is 2.84. The second kappa shape index (κ2) is 6.02. The van der Waals surface area contributed by atoms with E-state index in [1.165, 1.54) is 12.8 Å². The SMILES string of the molecule is CCN1CCCC1CNc1ccc(C)c([N+](=O)[O-])c1. The number of aryl methyl sites for hydroxylation is 1. The molecule has 0 saturated carbocycles. The normalized spacial score (nSPS) is 19.6. The zero-order valence-corrected chi connectivity index (χ0v) is 11.6. The van der Waals surface area contributed by atoms with E-state index in [1.54, 1.807) is 19.1 Å². The number of nitrogens with zero attached hydrogens (tertiary/aromatic N) is 2. The van der Waals surface area contributed by atoms with E-state index in [9.17, 15) is 10.1 Å². The molecule has 0 spiro atoms. The Morgan fingerprint density at radius 3 is 3.00 bits per heavy atom. The van der Waals surface area contributed by atoms with E-state index in [1.807, 2.05) is 6.07 Å². The molecule has 0 aromatic heterocycles. The molecule has 1 unspecified atom stereocenters. The third-order valence-electron chi connectivity index (χ3n) is 3.85. The first-order chi connectivity index (χ1) is 9.11. The summed E-state index contributed by atoms with van der Waals surface area (Å²) in [5.74, 6) is 0. The minimum Gasteiger partial charge on any atom is -0.383 e. The van der Waals surface area contributed by atoms with Gasteiger partial charge in [0.1, 0.15) is 0 Å². The number of likely N-dealkylation sites (tertiary alicyclic amines) is 1. The van der Waals surface area contributed by atoms with Gasteiger partial charge in [0, 0.05) is 29.9 Å². The third kappa shape index (κ3) is 3.23. The largest absolute Gasteiger partial charge is 0.383 e. The van der Waals surface area contributed by atoms with E-state index in [0.29, 0.717) is 11.6 Å². The van der Waals surface area contributed by atoms with Crippen LogP contribution in [0.3, 0.4) is 0 Å². The van der Waals surface area contributed by atoms with Crippen LogP contribution in [0.5, 0.6) is 0 Å². The van der Waals surface area contributed by atoms with E-state index in [2.05, 4.69) is 17.1 Å². The highest BCUT2D eigenvalue weighted by molar-refractivity contribution is 5.54. The molecule has 1 atom stereocenters. The summed E-state index contributed by atoms with van der Waals surface area (Å²) < 4.78 is 0. The highest BCUT2D eigenvalue weighted by Crippen LogP contribution is 2.23. The van der Waals surface area contributed by atoms with Gasteiger partial charge in [-0.1, -0.05) is 13.0 Å². The van der Waals surface area contributed by atoms with Crippen molar-refractivity contribution in [2.24, 2.45) is 0 Å². The summed E-state index contributed by atoms with van der Waals surface area (Å²) in [6.07, 6.45) is 2.45. The molecule has 1 saturated heterocycles. The van der Waals surface area contributed by atoms with Gasteiger partial charge in [-0.3, -0.25) is 15.0 Å². The lowest BCUT2D eigenvalue weighted by Gasteiger charge is -2.23. The fourth-order valence-corrected chi connectivity index (χ4v) is 2.69. The molecule has 1 fully saturated rings. The zero-order valence-electron chi connectivity index (χ0n) is 11.6. The maximum Gasteiger partial charge on any atom is 0.274 e. The summed E-state index contributed by atoms with van der Waals surface area (Å²) in [4.78, 5) is 13.0. The van der Waals surface area contributed by atoms with Crippen LogP contribution < -0.4 is 5.32 Å². The van der Waals surface area contributed by atoms with E-state index in [4.69, 9.17) is 0 Å². The molecular formula is C14H21N3O2. The molecule has 0 aliphatic carbocycles. The molecule has 5 nitrogen and oxygen atoms in total. The van der Waals surface area contributed by atoms with Crippen molar-refractivity contribution in [2.75, 3.05) is 25.0 Å². The van der Waals surface area contributed by atoms with E-state index >= 15 is 0 Å². The predicted molar refractivity (Wildman–Crippen MR) is 76.6 cm³/mol. The monoisotopic (exact) mass is 263 g/mol. The zero-order chi connectivity index (χ0) is 13.8. The average molecular weight is 263 g/mol. The van der Waals surface area contributed by atoms with Crippen LogP contribution in [0.2, 0.25) is 0 Å². The first-order valence-corrected chi connectivity index (χ1v) is 6.84. The lowest BCUT2D eigenvalue weighted by molar-refractivity contribution is -0.385. The fourth-order valence-electron chi connectivity index (χ4n) is 2.69. The van der Waals surface area contributed by atoms with Crippen molar-refractivity contribution in [3.8, 4) is 0 Å². The summed E-state index contributed by atoms with van der Waals surface area (Å²) in [7, 11) is 0. The molecule has 104 valence electrons. The maximum absolute atomic E-state index is 10.9. The minimum atomic E-state index is -0.325. The summed E-state index contributed by atoms with van der Waals surface area (Å²) in [5.41, 5.74) is 1.72. The summed E-state index contributed by atoms with van der Waals surface area (Å²) in [6.45, 7) is 7.03. The second-order valence-electron chi connectivity index (χ2n) is 5.06. The molecule has 0 amide bonds. The smallest absolute Gasteiger partial charge is 0.274 e. The number of hydrogen-bond donors (Lipinski definition) is 1. The number of hydrogen-bond acceptors (Lipinski definition) is 4. The molecule has 5 heteroatoms. The molecule has 2 rings (SSSR count). The van der Waals surface area contributed by atoms with Crippen molar-refractivity contribution in [1.82, 2.24) is 4.90 Å². The van der Waals surface area contributed by atoms with Gasteiger partial charge in [-0.05, 0) is 38.9 Å². The molecular weight excluding hydrogens is 242 g/mol. The third-order valence-corrected chi connectivity index (χ3v) is 3.85. The van der Waals surface area contributed by atoms with E-state index < -0.39 is 0 Å². The summed E-state index contributed by atoms with van der Waals surface area (Å²) in [6, 6.07) is 5.88. The topological polar surface area (TPSA) is 58.4 Å². The number of anilines is 1. The van der Waals surface area contributed by atoms with Crippen molar-refractivity contribution in [1.29, 1.82) is 0 Å². The van der Waals surface area contributed by atoms with Crippen molar-refractivity contribution in [3.63, 3.8) is 0 Å². The highest BCUT2D eigenvalue weighted by atomic mass is 16.6. The van der Waals surface area contributed by atoms with Crippen molar-refractivity contribution in [3.05, 3.63) is 33.9 Å². The van der Waals surface area contributed by atoms with E-state index in [0.717, 1.165) is 25.3 Å². The van der Waals surface area contributed by atoms with Crippen LogP contribution in [0.1, 0.15) is 25.3 Å². The predicted octanol–water partition coefficient (Wildman–Crippen LogP) is 2.80. The van der Waals surface area contributed by atoms with Crippen LogP contribution in [0.4, 0.5) is 11.4 Å². The molecule has 1 heterocycles. The number of nitro groups is 1. The van der Waals surface area contributed by atoms with Crippen molar-refractivity contribution < 1.29 is 4.92 Å². The number of nitrogens with one attached hydrogen (secondary N) is 1. The van der Waals surface area contributed by atoms with Gasteiger partial charge in [-0.25, -0.2) is 0 Å². The Hall–Kier alpha value is -1.62. The maximum atomic E-state index is 10.9. The van der Waals surface area contributed by atoms with Crippen molar-refractivity contribution >= 4 is 11.4 Å². The first kappa shape index (κ1) is 13.8. The van der Waals surface area contributed by atoms with Gasteiger partial charge in [0.05, 0.1) is 4.92 Å². The highest BCUT2D eigenvalue weighted by Gasteiger charge is 2.22. The summed E-state index contributed by atoms with van der Waals surface area (Å²) in [5, 5.41) is 14.2. The molecule has 1 aromatic carbocycles. The molecule has 0 radical (unpaired) electrons. The van der Waals surface area contributed by atoms with Gasteiger partial charge < -0.3 is 5.32 Å². The number of likely N-dealkylation sites (N-methyl/N-ethyl adjacent to an activating group) is 1. The molecule has 1 aromatic rings. The summed E-state index contributed by atoms with van der Waals surface area (Å²) >= 11 is 0. The molecule has 0 bridgehead atoms. The lowest BCUT2D eigenvalue weighted by atomic mass is 10.1. The number of nitro benzene ring substituents is 1.